The predicted molar refractivity (Wildman–Crippen MR) is 144 cm³/mol. The molecule has 3 nitrogen and oxygen atoms in total. The number of aromatic nitrogens is 2. The molecule has 34 heavy (non-hydrogen) atoms. The van der Waals surface area contributed by atoms with E-state index in [4.69, 9.17) is 16.3 Å². The van der Waals surface area contributed by atoms with Gasteiger partial charge in [0.15, 0.2) is 0 Å². The SMILES string of the molecule is CCn1c(C)c(C(c2ccc(OC)c(Cl)c2)c2c(C)n(CC)c3ccccc23)c2ccccc21. The quantitative estimate of drug-likeness (QED) is 0.245. The van der Waals surface area contributed by atoms with E-state index in [-0.39, 0.29) is 5.92 Å². The molecule has 0 atom stereocenters. The van der Waals surface area contributed by atoms with Crippen LogP contribution in [0.3, 0.4) is 0 Å². The van der Waals surface area contributed by atoms with Crippen molar-refractivity contribution >= 4 is 33.4 Å². The van der Waals surface area contributed by atoms with Crippen LogP contribution in [0.2, 0.25) is 5.02 Å². The summed E-state index contributed by atoms with van der Waals surface area (Å²) in [6.07, 6.45) is 0. The highest BCUT2D eigenvalue weighted by Crippen LogP contribution is 2.45. The lowest BCUT2D eigenvalue weighted by Crippen LogP contribution is -2.08. The molecule has 0 aliphatic carbocycles. The first-order valence-corrected chi connectivity index (χ1v) is 12.4. The van der Waals surface area contributed by atoms with E-state index < -0.39 is 0 Å². The van der Waals surface area contributed by atoms with Crippen molar-refractivity contribution < 1.29 is 4.74 Å². The van der Waals surface area contributed by atoms with Crippen LogP contribution in [-0.2, 0) is 13.1 Å². The normalized spacial score (nSPS) is 11.7. The van der Waals surface area contributed by atoms with Crippen LogP contribution in [0.5, 0.6) is 5.75 Å². The summed E-state index contributed by atoms with van der Waals surface area (Å²) in [5, 5.41) is 3.23. The van der Waals surface area contributed by atoms with Crippen molar-refractivity contribution in [2.75, 3.05) is 7.11 Å². The molecule has 5 rings (SSSR count). The van der Waals surface area contributed by atoms with Crippen molar-refractivity contribution in [2.45, 2.75) is 46.7 Å². The predicted octanol–water partition coefficient (Wildman–Crippen LogP) is 8.09. The molecule has 0 fully saturated rings. The molecule has 2 heterocycles. The molecule has 0 bridgehead atoms. The van der Waals surface area contributed by atoms with Crippen LogP contribution in [0, 0.1) is 13.8 Å². The number of halogens is 1. The second-order valence-corrected chi connectivity index (χ2v) is 9.26. The highest BCUT2D eigenvalue weighted by molar-refractivity contribution is 6.32. The summed E-state index contributed by atoms with van der Waals surface area (Å²) in [7, 11) is 1.66. The molecule has 0 N–H and O–H groups in total. The second kappa shape index (κ2) is 8.88. The third kappa shape index (κ3) is 3.33. The molecule has 0 unspecified atom stereocenters. The summed E-state index contributed by atoms with van der Waals surface area (Å²) in [4.78, 5) is 0. The molecule has 174 valence electrons. The Balaban J connectivity index is 1.92. The van der Waals surface area contributed by atoms with E-state index >= 15 is 0 Å². The first kappa shape index (κ1) is 22.6. The van der Waals surface area contributed by atoms with Crippen LogP contribution in [0.4, 0.5) is 0 Å². The average Bonchev–Trinajstić information content (AvgIpc) is 3.30. The highest BCUT2D eigenvalue weighted by Gasteiger charge is 2.29. The van der Waals surface area contributed by atoms with Gasteiger partial charge in [0.25, 0.3) is 0 Å². The first-order chi connectivity index (χ1) is 16.5. The van der Waals surface area contributed by atoms with Crippen molar-refractivity contribution in [1.82, 2.24) is 9.13 Å². The van der Waals surface area contributed by atoms with Gasteiger partial charge in [-0.25, -0.2) is 0 Å². The average molecular weight is 471 g/mol. The number of methoxy groups -OCH3 is 1. The topological polar surface area (TPSA) is 19.1 Å². The molecular weight excluding hydrogens is 440 g/mol. The van der Waals surface area contributed by atoms with Gasteiger partial charge >= 0.3 is 0 Å². The van der Waals surface area contributed by atoms with E-state index in [1.807, 2.05) is 6.07 Å². The largest absolute Gasteiger partial charge is 0.495 e. The fraction of sp³-hybridized carbons (Fsp3) is 0.267. The van der Waals surface area contributed by atoms with Gasteiger partial charge in [0.2, 0.25) is 0 Å². The molecule has 0 amide bonds. The summed E-state index contributed by atoms with van der Waals surface area (Å²) in [5.41, 5.74) is 9.02. The number of hydrogen-bond acceptors (Lipinski definition) is 1. The lowest BCUT2D eigenvalue weighted by molar-refractivity contribution is 0.415. The van der Waals surface area contributed by atoms with Gasteiger partial charge in [-0.15, -0.1) is 0 Å². The van der Waals surface area contributed by atoms with Crippen molar-refractivity contribution in [1.29, 1.82) is 0 Å². The molecule has 5 aromatic rings. The Labute approximate surface area is 206 Å². The zero-order chi connectivity index (χ0) is 24.0. The van der Waals surface area contributed by atoms with E-state index in [1.54, 1.807) is 7.11 Å². The Hall–Kier alpha value is -3.17. The lowest BCUT2D eigenvalue weighted by Gasteiger charge is -2.22. The zero-order valence-electron chi connectivity index (χ0n) is 20.5. The molecule has 0 saturated carbocycles. The maximum atomic E-state index is 6.69. The van der Waals surface area contributed by atoms with Crippen LogP contribution in [-0.4, -0.2) is 16.2 Å². The fourth-order valence-electron chi connectivity index (χ4n) is 5.80. The summed E-state index contributed by atoms with van der Waals surface area (Å²) in [5.74, 6) is 0.739. The highest BCUT2D eigenvalue weighted by atomic mass is 35.5. The molecule has 3 aromatic carbocycles. The lowest BCUT2D eigenvalue weighted by atomic mass is 9.82. The maximum absolute atomic E-state index is 6.69. The molecule has 4 heteroatoms. The van der Waals surface area contributed by atoms with E-state index in [0.717, 1.165) is 13.1 Å². The van der Waals surface area contributed by atoms with Gasteiger partial charge in [-0.1, -0.05) is 54.1 Å². The Morgan fingerprint density at radius 1 is 0.765 bits per heavy atom. The van der Waals surface area contributed by atoms with Gasteiger partial charge in [-0.2, -0.15) is 0 Å². The molecular formula is C30H31ClN2O. The monoisotopic (exact) mass is 470 g/mol. The van der Waals surface area contributed by atoms with E-state index in [1.165, 1.54) is 49.9 Å². The fourth-order valence-corrected chi connectivity index (χ4v) is 6.07. The number of para-hydroxylation sites is 2. The Morgan fingerprint density at radius 2 is 1.26 bits per heavy atom. The summed E-state index contributed by atoms with van der Waals surface area (Å²) in [6, 6.07) is 23.8. The Kier molecular flexibility index (Phi) is 5.91. The summed E-state index contributed by atoms with van der Waals surface area (Å²) < 4.78 is 10.3. The standard InChI is InChI=1S/C30H31ClN2O/c1-6-32-19(3)28(22-12-8-10-14-25(22)32)30(21-16-17-27(34-5)24(31)18-21)29-20(4)33(7-2)26-15-11-9-13-23(26)29/h8-18,30H,6-7H2,1-5H3. The third-order valence-electron chi connectivity index (χ3n) is 7.28. The Bertz CT molecular complexity index is 1420. The smallest absolute Gasteiger partial charge is 0.137 e. The maximum Gasteiger partial charge on any atom is 0.137 e. The van der Waals surface area contributed by atoms with Crippen LogP contribution < -0.4 is 4.74 Å². The second-order valence-electron chi connectivity index (χ2n) is 8.85. The molecule has 0 radical (unpaired) electrons. The van der Waals surface area contributed by atoms with Crippen LogP contribution in [0.15, 0.2) is 66.7 Å². The number of ether oxygens (including phenoxy) is 1. The molecule has 0 saturated heterocycles. The summed E-state index contributed by atoms with van der Waals surface area (Å²) in [6.45, 7) is 10.8. The minimum atomic E-state index is 0.0406. The van der Waals surface area contributed by atoms with Gasteiger partial charge in [-0.3, -0.25) is 0 Å². The third-order valence-corrected chi connectivity index (χ3v) is 7.57. The first-order valence-electron chi connectivity index (χ1n) is 12.0. The minimum Gasteiger partial charge on any atom is -0.495 e. The number of aryl methyl sites for hydroxylation is 2. The van der Waals surface area contributed by atoms with Crippen LogP contribution >= 0.6 is 11.6 Å². The minimum absolute atomic E-state index is 0.0406. The van der Waals surface area contributed by atoms with Gasteiger partial charge in [0, 0.05) is 52.2 Å². The number of nitrogens with zero attached hydrogens (tertiary/aromatic N) is 2. The number of rotatable bonds is 6. The van der Waals surface area contributed by atoms with Crippen molar-refractivity contribution in [3.63, 3.8) is 0 Å². The van der Waals surface area contributed by atoms with Gasteiger partial charge < -0.3 is 13.9 Å². The van der Waals surface area contributed by atoms with Gasteiger partial charge in [0.1, 0.15) is 5.75 Å². The number of hydrogen-bond donors (Lipinski definition) is 0. The van der Waals surface area contributed by atoms with E-state index in [0.29, 0.717) is 10.8 Å². The molecule has 0 aliphatic rings. The molecule has 0 spiro atoms. The van der Waals surface area contributed by atoms with Gasteiger partial charge in [0.05, 0.1) is 12.1 Å². The number of benzene rings is 3. The van der Waals surface area contributed by atoms with Gasteiger partial charge in [-0.05, 0) is 68.7 Å². The van der Waals surface area contributed by atoms with Crippen LogP contribution in [0.25, 0.3) is 21.8 Å². The molecule has 2 aromatic heterocycles. The Morgan fingerprint density at radius 3 is 1.71 bits per heavy atom. The van der Waals surface area contributed by atoms with Crippen LogP contribution in [0.1, 0.15) is 47.8 Å². The zero-order valence-corrected chi connectivity index (χ0v) is 21.3. The van der Waals surface area contributed by atoms with Crippen molar-refractivity contribution in [3.05, 3.63) is 99.8 Å². The molecule has 0 aliphatic heterocycles. The van der Waals surface area contributed by atoms with Crippen molar-refractivity contribution in [2.24, 2.45) is 0 Å². The van der Waals surface area contributed by atoms with Crippen molar-refractivity contribution in [3.8, 4) is 5.75 Å². The van der Waals surface area contributed by atoms with E-state index in [2.05, 4.69) is 97.5 Å². The number of fused-ring (bicyclic) bond motifs is 2. The van der Waals surface area contributed by atoms with E-state index in [9.17, 15) is 0 Å². The summed E-state index contributed by atoms with van der Waals surface area (Å²) >= 11 is 6.69.